The minimum atomic E-state index is -3.74. The van der Waals surface area contributed by atoms with Crippen molar-refractivity contribution >= 4 is 44.3 Å². The van der Waals surface area contributed by atoms with Crippen LogP contribution in [-0.2, 0) is 30.7 Å². The van der Waals surface area contributed by atoms with Crippen LogP contribution >= 0.6 is 22.6 Å². The number of sulfone groups is 1. The number of rotatable bonds is 5. The van der Waals surface area contributed by atoms with Gasteiger partial charge in [0.25, 0.3) is 0 Å². The van der Waals surface area contributed by atoms with Gasteiger partial charge in [-0.3, -0.25) is 9.48 Å². The number of β-lactam (4-membered cyclic amide) rings is 1. The monoisotopic (exact) mass is 454 g/mol. The Labute approximate surface area is 146 Å². The van der Waals surface area contributed by atoms with Gasteiger partial charge in [-0.1, -0.05) is 27.8 Å². The van der Waals surface area contributed by atoms with E-state index in [4.69, 9.17) is 4.74 Å². The van der Waals surface area contributed by atoms with Gasteiger partial charge in [-0.05, 0) is 6.92 Å². The van der Waals surface area contributed by atoms with E-state index in [9.17, 15) is 18.0 Å². The first kappa shape index (κ1) is 16.6. The Morgan fingerprint density at radius 1 is 1.57 bits per heavy atom. The van der Waals surface area contributed by atoms with Crippen LogP contribution in [0.3, 0.4) is 0 Å². The second-order valence-electron chi connectivity index (χ2n) is 5.68. The molecule has 9 nitrogen and oxygen atoms in total. The van der Waals surface area contributed by atoms with Gasteiger partial charge in [0, 0.05) is 10.6 Å². The molecule has 1 amide bonds. The number of aromatic nitrogens is 3. The molecule has 0 aromatic carbocycles. The van der Waals surface area contributed by atoms with Crippen LogP contribution in [0.2, 0.25) is 0 Å². The van der Waals surface area contributed by atoms with Crippen molar-refractivity contribution in [3.05, 3.63) is 12.4 Å². The zero-order chi connectivity index (χ0) is 16.8. The average molecular weight is 454 g/mol. The number of alkyl halides is 1. The number of amides is 1. The van der Waals surface area contributed by atoms with Crippen molar-refractivity contribution in [3.63, 3.8) is 0 Å². The fourth-order valence-electron chi connectivity index (χ4n) is 3.13. The Kier molecular flexibility index (Phi) is 4.11. The summed E-state index contributed by atoms with van der Waals surface area (Å²) in [4.78, 5) is 25.5. The topological polar surface area (TPSA) is 111 Å². The molecule has 2 saturated heterocycles. The number of fused-ring (bicyclic) bond motifs is 1. The van der Waals surface area contributed by atoms with Crippen LogP contribution in [0.4, 0.5) is 0 Å². The van der Waals surface area contributed by atoms with E-state index in [1.807, 2.05) is 22.6 Å². The van der Waals surface area contributed by atoms with Crippen molar-refractivity contribution in [2.75, 3.05) is 11.0 Å². The van der Waals surface area contributed by atoms with Crippen LogP contribution in [0, 0.1) is 0 Å². The van der Waals surface area contributed by atoms with Crippen molar-refractivity contribution < 1.29 is 22.7 Å². The lowest BCUT2D eigenvalue weighted by atomic mass is 9.96. The summed E-state index contributed by atoms with van der Waals surface area (Å²) in [5.74, 6) is -1.04. The Morgan fingerprint density at radius 2 is 2.30 bits per heavy atom. The molecule has 0 spiro atoms. The van der Waals surface area contributed by atoms with Gasteiger partial charge in [-0.2, -0.15) is 0 Å². The molecule has 3 atom stereocenters. The summed E-state index contributed by atoms with van der Waals surface area (Å²) in [6.07, 6.45) is 2.85. The van der Waals surface area contributed by atoms with Gasteiger partial charge in [0.15, 0.2) is 15.9 Å². The highest BCUT2D eigenvalue weighted by Gasteiger charge is 2.70. The first-order valence-corrected chi connectivity index (χ1v) is 10.0. The van der Waals surface area contributed by atoms with Gasteiger partial charge in [0.05, 0.1) is 19.2 Å². The number of hydrogen-bond donors (Lipinski definition) is 0. The van der Waals surface area contributed by atoms with E-state index >= 15 is 0 Å². The zero-order valence-corrected chi connectivity index (χ0v) is 15.2. The number of ether oxygens (including phenoxy) is 1. The van der Waals surface area contributed by atoms with E-state index in [-0.39, 0.29) is 25.5 Å². The highest BCUT2D eigenvalue weighted by atomic mass is 127. The average Bonchev–Trinajstić information content (AvgIpc) is 3.03. The van der Waals surface area contributed by atoms with Crippen molar-refractivity contribution in [3.8, 4) is 0 Å². The SMILES string of the molecule is C[C@]1(Cn2ccnn2)[C@H](C(=O)OCCI)N2C(=O)C[C@@H]2S1(=O)=O. The summed E-state index contributed by atoms with van der Waals surface area (Å²) in [6, 6.07) is -1.16. The minimum absolute atomic E-state index is 0.0698. The van der Waals surface area contributed by atoms with E-state index in [0.717, 1.165) is 4.90 Å². The summed E-state index contributed by atoms with van der Waals surface area (Å²) in [5, 5.41) is 6.48. The van der Waals surface area contributed by atoms with Crippen molar-refractivity contribution in [1.29, 1.82) is 0 Å². The van der Waals surface area contributed by atoms with E-state index in [2.05, 4.69) is 10.3 Å². The molecule has 2 aliphatic rings. The van der Waals surface area contributed by atoms with E-state index in [1.54, 1.807) is 0 Å². The van der Waals surface area contributed by atoms with Crippen molar-refractivity contribution in [1.82, 2.24) is 19.9 Å². The lowest BCUT2D eigenvalue weighted by Gasteiger charge is -2.36. The highest BCUT2D eigenvalue weighted by molar-refractivity contribution is 14.1. The second-order valence-corrected chi connectivity index (χ2v) is 9.32. The fourth-order valence-corrected chi connectivity index (χ4v) is 5.70. The molecule has 0 unspecified atom stereocenters. The quantitative estimate of drug-likeness (QED) is 0.252. The molecular weight excluding hydrogens is 439 g/mol. The lowest BCUT2D eigenvalue weighted by molar-refractivity contribution is -0.161. The number of esters is 1. The summed E-state index contributed by atoms with van der Waals surface area (Å²) in [6.45, 7) is 1.56. The van der Waals surface area contributed by atoms with Gasteiger partial charge in [-0.25, -0.2) is 13.2 Å². The normalized spacial score (nSPS) is 31.6. The van der Waals surface area contributed by atoms with Gasteiger partial charge < -0.3 is 9.64 Å². The number of nitrogens with zero attached hydrogens (tertiary/aromatic N) is 4. The Bertz CT molecular complexity index is 737. The lowest BCUT2D eigenvalue weighted by Crippen LogP contribution is -2.58. The van der Waals surface area contributed by atoms with Crippen molar-refractivity contribution in [2.24, 2.45) is 0 Å². The third-order valence-corrected chi connectivity index (χ3v) is 7.51. The molecule has 3 rings (SSSR count). The third kappa shape index (κ3) is 2.35. The second kappa shape index (κ2) is 5.69. The maximum atomic E-state index is 12.9. The molecule has 0 radical (unpaired) electrons. The van der Waals surface area contributed by atoms with Crippen LogP contribution in [0.5, 0.6) is 0 Å². The van der Waals surface area contributed by atoms with Gasteiger partial charge in [0.2, 0.25) is 5.91 Å². The molecule has 0 bridgehead atoms. The van der Waals surface area contributed by atoms with Crippen LogP contribution in [0.25, 0.3) is 0 Å². The molecule has 0 aliphatic carbocycles. The number of halogens is 1. The summed E-state index contributed by atoms with van der Waals surface area (Å²) < 4.78 is 31.3. The summed E-state index contributed by atoms with van der Waals surface area (Å²) in [5.41, 5.74) is 0. The highest BCUT2D eigenvalue weighted by Crippen LogP contribution is 2.47. The Balaban J connectivity index is 2.01. The number of carbonyl (C=O) groups is 2. The molecule has 1 aromatic heterocycles. The smallest absolute Gasteiger partial charge is 0.330 e. The number of hydrogen-bond acceptors (Lipinski definition) is 7. The van der Waals surface area contributed by atoms with E-state index in [0.29, 0.717) is 4.43 Å². The molecule has 126 valence electrons. The minimum Gasteiger partial charge on any atom is -0.463 e. The predicted octanol–water partition coefficient (Wildman–Crippen LogP) is -0.630. The molecule has 2 fully saturated rings. The maximum Gasteiger partial charge on any atom is 0.330 e. The molecule has 3 heterocycles. The van der Waals surface area contributed by atoms with E-state index in [1.165, 1.54) is 24.0 Å². The molecule has 1 aromatic rings. The van der Waals surface area contributed by atoms with Crippen LogP contribution in [-0.4, -0.2) is 67.4 Å². The van der Waals surface area contributed by atoms with Crippen LogP contribution in [0.1, 0.15) is 13.3 Å². The Hall–Kier alpha value is -1.24. The number of carbonyl (C=O) groups excluding carboxylic acids is 2. The molecule has 23 heavy (non-hydrogen) atoms. The Morgan fingerprint density at radius 3 is 2.87 bits per heavy atom. The van der Waals surface area contributed by atoms with E-state index < -0.39 is 32.0 Å². The summed E-state index contributed by atoms with van der Waals surface area (Å²) >= 11 is 2.05. The molecule has 11 heteroatoms. The molecular formula is C12H15IN4O5S. The van der Waals surface area contributed by atoms with Crippen molar-refractivity contribution in [2.45, 2.75) is 36.1 Å². The summed E-state index contributed by atoms with van der Waals surface area (Å²) in [7, 11) is -3.74. The third-order valence-electron chi connectivity index (χ3n) is 4.30. The van der Waals surface area contributed by atoms with Crippen LogP contribution in [0.15, 0.2) is 12.4 Å². The largest absolute Gasteiger partial charge is 0.463 e. The van der Waals surface area contributed by atoms with Gasteiger partial charge >= 0.3 is 5.97 Å². The fraction of sp³-hybridized carbons (Fsp3) is 0.667. The maximum absolute atomic E-state index is 12.9. The van der Waals surface area contributed by atoms with Gasteiger partial charge in [0.1, 0.15) is 16.7 Å². The first-order chi connectivity index (χ1) is 10.8. The van der Waals surface area contributed by atoms with Crippen LogP contribution < -0.4 is 0 Å². The molecule has 2 aliphatic heterocycles. The molecule has 0 saturated carbocycles. The zero-order valence-electron chi connectivity index (χ0n) is 12.3. The predicted molar refractivity (Wildman–Crippen MR) is 86.2 cm³/mol. The first-order valence-electron chi connectivity index (χ1n) is 6.94. The van der Waals surface area contributed by atoms with Gasteiger partial charge in [-0.15, -0.1) is 5.10 Å². The molecule has 0 N–H and O–H groups in total. The standard InChI is InChI=1S/C12H15IN4O5S/c1-12(7-16-4-3-14-15-16)10(11(19)22-5-2-13)17-8(18)6-9(17)23(12,20)21/h3-4,9-10H,2,5-7H2,1H3/t9-,10-,12-/m0/s1.